The van der Waals surface area contributed by atoms with Crippen molar-refractivity contribution in [2.24, 2.45) is 0 Å². The normalized spacial score (nSPS) is 14.3. The topological polar surface area (TPSA) is 121 Å². The van der Waals surface area contributed by atoms with Crippen molar-refractivity contribution in [3.05, 3.63) is 0 Å². The fraction of sp³-hybridized carbons (Fsp3) is 0.700. The molecule has 98 valence electrons. The molecule has 0 radical (unpaired) electrons. The fourth-order valence-electron chi connectivity index (χ4n) is 1.20. The number of rotatable bonds is 8. The van der Waals surface area contributed by atoms with Gasteiger partial charge in [0.15, 0.2) is 5.60 Å². The van der Waals surface area contributed by atoms with Crippen molar-refractivity contribution in [2.45, 2.75) is 44.8 Å². The van der Waals surface area contributed by atoms with Crippen LogP contribution in [-0.4, -0.2) is 44.9 Å². The van der Waals surface area contributed by atoms with Gasteiger partial charge in [-0.05, 0) is 13.3 Å². The number of aliphatic carboxylic acids is 3. The molecular formula is C10H16O7. The van der Waals surface area contributed by atoms with Crippen molar-refractivity contribution in [1.29, 1.82) is 0 Å². The summed E-state index contributed by atoms with van der Waals surface area (Å²) >= 11 is 0. The van der Waals surface area contributed by atoms with Gasteiger partial charge in [0.2, 0.25) is 0 Å². The second-order valence-electron chi connectivity index (χ2n) is 3.83. The van der Waals surface area contributed by atoms with Crippen LogP contribution in [0.1, 0.15) is 33.1 Å². The highest BCUT2D eigenvalue weighted by Gasteiger charge is 2.36. The third kappa shape index (κ3) is 5.30. The van der Waals surface area contributed by atoms with E-state index in [4.69, 9.17) is 20.1 Å². The summed E-state index contributed by atoms with van der Waals surface area (Å²) in [5, 5.41) is 26.1. The van der Waals surface area contributed by atoms with Crippen molar-refractivity contribution < 1.29 is 34.4 Å². The molecule has 0 fully saturated rings. The van der Waals surface area contributed by atoms with Crippen LogP contribution in [-0.2, 0) is 19.1 Å². The minimum atomic E-state index is -1.57. The van der Waals surface area contributed by atoms with Crippen molar-refractivity contribution in [3.8, 4) is 0 Å². The van der Waals surface area contributed by atoms with Crippen LogP contribution in [0.5, 0.6) is 0 Å². The standard InChI is InChI=1S/C10H16O7/c1-3-10(2,9(15)16)17-6(4-7(11)12)5-8(13)14/h6H,3-5H2,1-2H3,(H,11,12)(H,13,14)(H,15,16). The summed E-state index contributed by atoms with van der Waals surface area (Å²) < 4.78 is 5.11. The van der Waals surface area contributed by atoms with Crippen LogP contribution in [0, 0.1) is 0 Å². The first-order valence-electron chi connectivity index (χ1n) is 5.06. The molecule has 0 amide bonds. The lowest BCUT2D eigenvalue weighted by atomic mass is 10.0. The molecule has 0 aromatic rings. The van der Waals surface area contributed by atoms with Crippen LogP contribution >= 0.6 is 0 Å². The predicted octanol–water partition coefficient (Wildman–Crippen LogP) is 0.574. The summed E-state index contributed by atoms with van der Waals surface area (Å²) in [5.41, 5.74) is -1.57. The van der Waals surface area contributed by atoms with E-state index >= 15 is 0 Å². The summed E-state index contributed by atoms with van der Waals surface area (Å²) in [6, 6.07) is 0. The average Bonchev–Trinajstić information content (AvgIpc) is 2.14. The maximum atomic E-state index is 10.9. The van der Waals surface area contributed by atoms with Gasteiger partial charge >= 0.3 is 17.9 Å². The number of carboxylic acid groups (broad SMARTS) is 3. The second-order valence-corrected chi connectivity index (χ2v) is 3.83. The van der Waals surface area contributed by atoms with E-state index < -0.39 is 42.5 Å². The molecule has 0 aliphatic heterocycles. The highest BCUT2D eigenvalue weighted by molar-refractivity contribution is 5.77. The Morgan fingerprint density at radius 2 is 1.53 bits per heavy atom. The molecule has 0 saturated carbocycles. The van der Waals surface area contributed by atoms with E-state index in [2.05, 4.69) is 0 Å². The van der Waals surface area contributed by atoms with Gasteiger partial charge in [0, 0.05) is 0 Å². The van der Waals surface area contributed by atoms with Gasteiger partial charge in [0.1, 0.15) is 0 Å². The molecule has 0 aliphatic carbocycles. The van der Waals surface area contributed by atoms with Crippen molar-refractivity contribution in [3.63, 3.8) is 0 Å². The molecular weight excluding hydrogens is 232 g/mol. The van der Waals surface area contributed by atoms with Gasteiger partial charge in [-0.2, -0.15) is 0 Å². The minimum absolute atomic E-state index is 0.109. The zero-order chi connectivity index (χ0) is 13.6. The number of hydrogen-bond donors (Lipinski definition) is 3. The summed E-state index contributed by atoms with van der Waals surface area (Å²) in [6.07, 6.45) is -2.14. The zero-order valence-corrected chi connectivity index (χ0v) is 9.67. The SMILES string of the molecule is CCC(C)(OC(CC(=O)O)CC(=O)O)C(=O)O. The third-order valence-corrected chi connectivity index (χ3v) is 2.36. The molecule has 0 bridgehead atoms. The van der Waals surface area contributed by atoms with Gasteiger partial charge in [-0.15, -0.1) is 0 Å². The molecule has 1 unspecified atom stereocenters. The smallest absolute Gasteiger partial charge is 0.335 e. The monoisotopic (exact) mass is 248 g/mol. The second kappa shape index (κ2) is 6.19. The number of ether oxygens (including phenoxy) is 1. The van der Waals surface area contributed by atoms with Crippen LogP contribution in [0.3, 0.4) is 0 Å². The molecule has 7 heteroatoms. The largest absolute Gasteiger partial charge is 0.481 e. The Hall–Kier alpha value is -1.63. The van der Waals surface area contributed by atoms with Crippen LogP contribution in [0.4, 0.5) is 0 Å². The molecule has 0 aliphatic rings. The zero-order valence-electron chi connectivity index (χ0n) is 9.67. The Morgan fingerprint density at radius 1 is 1.12 bits per heavy atom. The minimum Gasteiger partial charge on any atom is -0.481 e. The van der Waals surface area contributed by atoms with Gasteiger partial charge < -0.3 is 20.1 Å². The first-order chi connectivity index (χ1) is 7.71. The lowest BCUT2D eigenvalue weighted by molar-refractivity contribution is -0.177. The number of hydrogen-bond acceptors (Lipinski definition) is 4. The molecule has 7 nitrogen and oxygen atoms in total. The van der Waals surface area contributed by atoms with E-state index in [1.54, 1.807) is 6.92 Å². The fourth-order valence-corrected chi connectivity index (χ4v) is 1.20. The quantitative estimate of drug-likeness (QED) is 0.574. The Labute approximate surface area is 98.0 Å². The lowest BCUT2D eigenvalue weighted by Crippen LogP contribution is -2.42. The Balaban J connectivity index is 4.76. The van der Waals surface area contributed by atoms with Crippen molar-refractivity contribution in [2.75, 3.05) is 0 Å². The van der Waals surface area contributed by atoms with E-state index in [0.29, 0.717) is 0 Å². The van der Waals surface area contributed by atoms with Gasteiger partial charge in [0.25, 0.3) is 0 Å². The van der Waals surface area contributed by atoms with E-state index in [1.807, 2.05) is 0 Å². The summed E-state index contributed by atoms with van der Waals surface area (Å²) in [5.74, 6) is -3.72. The Kier molecular flexibility index (Phi) is 5.60. The van der Waals surface area contributed by atoms with Crippen LogP contribution in [0.2, 0.25) is 0 Å². The molecule has 0 spiro atoms. The third-order valence-electron chi connectivity index (χ3n) is 2.36. The van der Waals surface area contributed by atoms with Crippen LogP contribution in [0.25, 0.3) is 0 Å². The molecule has 3 N–H and O–H groups in total. The highest BCUT2D eigenvalue weighted by Crippen LogP contribution is 2.21. The molecule has 1 atom stereocenters. The number of carbonyl (C=O) groups is 3. The molecule has 0 aromatic heterocycles. The van der Waals surface area contributed by atoms with Crippen molar-refractivity contribution in [1.82, 2.24) is 0 Å². The predicted molar refractivity (Wildman–Crippen MR) is 55.7 cm³/mol. The summed E-state index contributed by atoms with van der Waals surface area (Å²) in [4.78, 5) is 32.0. The Bertz CT molecular complexity index is 296. The summed E-state index contributed by atoms with van der Waals surface area (Å²) in [7, 11) is 0. The number of carboxylic acids is 3. The highest BCUT2D eigenvalue weighted by atomic mass is 16.5. The Morgan fingerprint density at radius 3 is 1.76 bits per heavy atom. The first-order valence-corrected chi connectivity index (χ1v) is 5.06. The van der Waals surface area contributed by atoms with E-state index in [1.165, 1.54) is 6.92 Å². The van der Waals surface area contributed by atoms with E-state index in [9.17, 15) is 14.4 Å². The molecule has 0 heterocycles. The lowest BCUT2D eigenvalue weighted by Gasteiger charge is -2.28. The van der Waals surface area contributed by atoms with Gasteiger partial charge in [-0.25, -0.2) is 4.79 Å². The summed E-state index contributed by atoms with van der Waals surface area (Å²) in [6.45, 7) is 2.85. The first kappa shape index (κ1) is 15.4. The molecule has 17 heavy (non-hydrogen) atoms. The van der Waals surface area contributed by atoms with Crippen molar-refractivity contribution >= 4 is 17.9 Å². The average molecular weight is 248 g/mol. The van der Waals surface area contributed by atoms with E-state index in [-0.39, 0.29) is 6.42 Å². The van der Waals surface area contributed by atoms with Crippen LogP contribution < -0.4 is 0 Å². The van der Waals surface area contributed by atoms with Gasteiger partial charge in [0.05, 0.1) is 18.9 Å². The van der Waals surface area contributed by atoms with Gasteiger partial charge in [-0.3, -0.25) is 9.59 Å². The van der Waals surface area contributed by atoms with E-state index in [0.717, 1.165) is 0 Å². The maximum absolute atomic E-state index is 10.9. The maximum Gasteiger partial charge on any atom is 0.335 e. The molecule has 0 saturated heterocycles. The van der Waals surface area contributed by atoms with Crippen LogP contribution in [0.15, 0.2) is 0 Å². The van der Waals surface area contributed by atoms with Gasteiger partial charge in [-0.1, -0.05) is 6.92 Å². The molecule has 0 rings (SSSR count). The molecule has 0 aromatic carbocycles.